The minimum Gasteiger partial charge on any atom is -0.496 e. The van der Waals surface area contributed by atoms with Crippen LogP contribution < -0.4 is 19.5 Å². The Morgan fingerprint density at radius 2 is 1.71 bits per heavy atom. The number of carbonyl (C=O) groups is 1. The Labute approximate surface area is 192 Å². The summed E-state index contributed by atoms with van der Waals surface area (Å²) >= 11 is 12.2. The molecule has 0 atom stereocenters. The van der Waals surface area contributed by atoms with E-state index in [1.54, 1.807) is 39.5 Å². The summed E-state index contributed by atoms with van der Waals surface area (Å²) in [4.78, 5) is 14.6. The third-order valence-electron chi connectivity index (χ3n) is 5.21. The number of amides is 1. The van der Waals surface area contributed by atoms with Gasteiger partial charge in [0.25, 0.3) is 0 Å². The molecule has 0 fully saturated rings. The van der Waals surface area contributed by atoms with Gasteiger partial charge in [0.2, 0.25) is 5.91 Å². The molecule has 8 heteroatoms. The standard InChI is InChI=1S/C23H26Cl2N2O4/c1-29-16-13-19(30-2)22(20(14-16)31-3)15-7-10-27(11-8-15)12-9-21(28)26-23-17(24)5-4-6-18(23)25/h4-7,13-14H,8-12H2,1-3H3,(H,26,28). The van der Waals surface area contributed by atoms with Gasteiger partial charge in [-0.15, -0.1) is 0 Å². The maximum absolute atomic E-state index is 12.4. The third kappa shape index (κ3) is 5.64. The van der Waals surface area contributed by atoms with Gasteiger partial charge >= 0.3 is 0 Å². The minimum atomic E-state index is -0.122. The molecule has 1 amide bonds. The van der Waals surface area contributed by atoms with Gasteiger partial charge in [0.15, 0.2) is 0 Å². The molecule has 0 spiro atoms. The highest BCUT2D eigenvalue weighted by Gasteiger charge is 2.21. The second kappa shape index (κ2) is 10.8. The molecule has 0 aromatic heterocycles. The smallest absolute Gasteiger partial charge is 0.225 e. The number of hydrogen-bond donors (Lipinski definition) is 1. The molecule has 0 saturated carbocycles. The summed E-state index contributed by atoms with van der Waals surface area (Å²) in [5.74, 6) is 1.99. The average Bonchev–Trinajstić information content (AvgIpc) is 2.79. The summed E-state index contributed by atoms with van der Waals surface area (Å²) < 4.78 is 16.5. The molecule has 0 saturated heterocycles. The van der Waals surface area contributed by atoms with E-state index in [-0.39, 0.29) is 5.91 Å². The molecule has 1 aliphatic heterocycles. The first-order chi connectivity index (χ1) is 15.0. The second-order valence-corrected chi connectivity index (χ2v) is 7.90. The number of benzene rings is 2. The van der Waals surface area contributed by atoms with Crippen LogP contribution in [0.4, 0.5) is 5.69 Å². The lowest BCUT2D eigenvalue weighted by molar-refractivity contribution is -0.116. The molecule has 1 aliphatic rings. The fourth-order valence-corrected chi connectivity index (χ4v) is 4.03. The molecule has 0 bridgehead atoms. The topological polar surface area (TPSA) is 60.0 Å². The highest BCUT2D eigenvalue weighted by atomic mass is 35.5. The van der Waals surface area contributed by atoms with Crippen LogP contribution in [0.3, 0.4) is 0 Å². The van der Waals surface area contributed by atoms with Gasteiger partial charge in [-0.25, -0.2) is 0 Å². The number of rotatable bonds is 8. The van der Waals surface area contributed by atoms with Crippen LogP contribution in [0.25, 0.3) is 5.57 Å². The first-order valence-electron chi connectivity index (χ1n) is 9.92. The van der Waals surface area contributed by atoms with Crippen LogP contribution in [0.15, 0.2) is 36.4 Å². The molecule has 2 aromatic rings. The molecular formula is C23H26Cl2N2O4. The van der Waals surface area contributed by atoms with Crippen molar-refractivity contribution in [1.82, 2.24) is 4.90 Å². The van der Waals surface area contributed by atoms with Crippen LogP contribution in [0.2, 0.25) is 10.0 Å². The predicted molar refractivity (Wildman–Crippen MR) is 125 cm³/mol. The van der Waals surface area contributed by atoms with Crippen LogP contribution in [-0.4, -0.2) is 51.8 Å². The Hall–Kier alpha value is -2.41. The van der Waals surface area contributed by atoms with Crippen molar-refractivity contribution in [2.24, 2.45) is 0 Å². The van der Waals surface area contributed by atoms with Crippen LogP contribution in [0, 0.1) is 0 Å². The first-order valence-corrected chi connectivity index (χ1v) is 10.7. The zero-order valence-electron chi connectivity index (χ0n) is 17.8. The molecule has 3 rings (SSSR count). The van der Waals surface area contributed by atoms with E-state index in [1.165, 1.54) is 0 Å². The van der Waals surface area contributed by atoms with E-state index in [0.29, 0.717) is 45.9 Å². The molecular weight excluding hydrogens is 439 g/mol. The van der Waals surface area contributed by atoms with Crippen molar-refractivity contribution in [2.45, 2.75) is 12.8 Å². The summed E-state index contributed by atoms with van der Waals surface area (Å²) in [5, 5.41) is 3.65. The molecule has 0 aliphatic carbocycles. The van der Waals surface area contributed by atoms with E-state index in [0.717, 1.165) is 30.6 Å². The molecule has 2 aromatic carbocycles. The Bertz CT molecular complexity index is 933. The molecule has 31 heavy (non-hydrogen) atoms. The quantitative estimate of drug-likeness (QED) is 0.585. The third-order valence-corrected chi connectivity index (χ3v) is 5.84. The summed E-state index contributed by atoms with van der Waals surface area (Å²) in [6, 6.07) is 8.85. The van der Waals surface area contributed by atoms with E-state index >= 15 is 0 Å². The van der Waals surface area contributed by atoms with Gasteiger partial charge in [-0.2, -0.15) is 0 Å². The summed E-state index contributed by atoms with van der Waals surface area (Å²) in [7, 11) is 4.88. The molecule has 0 radical (unpaired) electrons. The summed E-state index contributed by atoms with van der Waals surface area (Å²) in [6.45, 7) is 2.19. The van der Waals surface area contributed by atoms with Gasteiger partial charge in [-0.1, -0.05) is 35.3 Å². The lowest BCUT2D eigenvalue weighted by Gasteiger charge is -2.27. The van der Waals surface area contributed by atoms with Crippen molar-refractivity contribution in [3.63, 3.8) is 0 Å². The molecule has 6 nitrogen and oxygen atoms in total. The van der Waals surface area contributed by atoms with Crippen molar-refractivity contribution in [1.29, 1.82) is 0 Å². The lowest BCUT2D eigenvalue weighted by Crippen LogP contribution is -2.31. The Morgan fingerprint density at radius 3 is 2.23 bits per heavy atom. The van der Waals surface area contributed by atoms with Gasteiger partial charge in [0.1, 0.15) is 17.2 Å². The van der Waals surface area contributed by atoms with Gasteiger partial charge < -0.3 is 19.5 Å². The van der Waals surface area contributed by atoms with E-state index < -0.39 is 0 Å². The van der Waals surface area contributed by atoms with Crippen molar-refractivity contribution in [3.05, 3.63) is 52.0 Å². The van der Waals surface area contributed by atoms with Gasteiger partial charge in [0, 0.05) is 38.2 Å². The minimum absolute atomic E-state index is 0.122. The maximum atomic E-state index is 12.4. The van der Waals surface area contributed by atoms with Gasteiger partial charge in [0.05, 0.1) is 42.6 Å². The highest BCUT2D eigenvalue weighted by molar-refractivity contribution is 6.39. The number of carbonyl (C=O) groups excluding carboxylic acids is 1. The normalized spacial score (nSPS) is 14.0. The van der Waals surface area contributed by atoms with Crippen LogP contribution >= 0.6 is 23.2 Å². The molecule has 0 unspecified atom stereocenters. The number of nitrogens with zero attached hydrogens (tertiary/aromatic N) is 1. The number of para-hydroxylation sites is 1. The number of ether oxygens (including phenoxy) is 3. The molecule has 166 valence electrons. The monoisotopic (exact) mass is 464 g/mol. The Kier molecular flexibility index (Phi) is 8.07. The fraction of sp³-hybridized carbons (Fsp3) is 0.348. The molecule has 1 N–H and O–H groups in total. The second-order valence-electron chi connectivity index (χ2n) is 7.08. The SMILES string of the molecule is COc1cc(OC)c(C2=CCN(CCC(=O)Nc3c(Cl)cccc3Cl)CC2)c(OC)c1. The maximum Gasteiger partial charge on any atom is 0.225 e. The Morgan fingerprint density at radius 1 is 1.06 bits per heavy atom. The number of anilines is 1. The van der Waals surface area contributed by atoms with E-state index in [1.807, 2.05) is 12.1 Å². The first kappa shape index (κ1) is 23.3. The van der Waals surface area contributed by atoms with E-state index in [9.17, 15) is 4.79 Å². The van der Waals surface area contributed by atoms with Gasteiger partial charge in [-0.05, 0) is 24.1 Å². The fourth-order valence-electron chi connectivity index (χ4n) is 3.54. The van der Waals surface area contributed by atoms with Crippen molar-refractivity contribution in [3.8, 4) is 17.2 Å². The highest BCUT2D eigenvalue weighted by Crippen LogP contribution is 2.40. The van der Waals surface area contributed by atoms with Gasteiger partial charge in [-0.3, -0.25) is 9.69 Å². The number of methoxy groups -OCH3 is 3. The summed E-state index contributed by atoms with van der Waals surface area (Å²) in [6.07, 6.45) is 3.32. The van der Waals surface area contributed by atoms with Crippen LogP contribution in [0.1, 0.15) is 18.4 Å². The number of hydrogen-bond acceptors (Lipinski definition) is 5. The molecule has 1 heterocycles. The van der Waals surface area contributed by atoms with Crippen molar-refractivity contribution < 1.29 is 19.0 Å². The van der Waals surface area contributed by atoms with E-state index in [2.05, 4.69) is 16.3 Å². The predicted octanol–water partition coefficient (Wildman–Crippen LogP) is 5.14. The zero-order valence-corrected chi connectivity index (χ0v) is 19.3. The van der Waals surface area contributed by atoms with E-state index in [4.69, 9.17) is 37.4 Å². The lowest BCUT2D eigenvalue weighted by atomic mass is 9.97. The summed E-state index contributed by atoms with van der Waals surface area (Å²) in [5.41, 5.74) is 2.55. The number of halogens is 2. The largest absolute Gasteiger partial charge is 0.496 e. The van der Waals surface area contributed by atoms with Crippen molar-refractivity contribution in [2.75, 3.05) is 46.3 Å². The van der Waals surface area contributed by atoms with Crippen LogP contribution in [-0.2, 0) is 4.79 Å². The number of nitrogens with one attached hydrogen (secondary N) is 1. The average molecular weight is 465 g/mol. The zero-order chi connectivity index (χ0) is 22.4. The Balaban J connectivity index is 1.62. The van der Waals surface area contributed by atoms with Crippen LogP contribution in [0.5, 0.6) is 17.2 Å². The van der Waals surface area contributed by atoms with Crippen molar-refractivity contribution >= 4 is 40.4 Å².